The molecule has 0 bridgehead atoms. The number of aliphatic imine (C=N–C) groups is 1. The molecule has 0 saturated carbocycles. The van der Waals surface area contributed by atoms with E-state index in [9.17, 15) is 4.79 Å². The Bertz CT molecular complexity index is 997. The first-order valence-corrected chi connectivity index (χ1v) is 10.6. The maximum atomic E-state index is 11.8. The van der Waals surface area contributed by atoms with Crippen molar-refractivity contribution in [1.82, 2.24) is 25.7 Å². The minimum atomic E-state index is -0.0708. The number of aromatic nitrogens is 2. The maximum absolute atomic E-state index is 11.8. The molecule has 0 aliphatic rings. The maximum Gasteiger partial charge on any atom is 0.251 e. The molecule has 162 valence electrons. The van der Waals surface area contributed by atoms with Gasteiger partial charge in [-0.1, -0.05) is 36.4 Å². The van der Waals surface area contributed by atoms with Crippen molar-refractivity contribution >= 4 is 11.9 Å². The van der Waals surface area contributed by atoms with Gasteiger partial charge in [0.05, 0.1) is 13.1 Å². The third-order valence-corrected chi connectivity index (χ3v) is 4.88. The van der Waals surface area contributed by atoms with Gasteiger partial charge in [-0.05, 0) is 48.2 Å². The van der Waals surface area contributed by atoms with Crippen molar-refractivity contribution in [2.75, 3.05) is 20.1 Å². The van der Waals surface area contributed by atoms with Crippen molar-refractivity contribution in [3.8, 4) is 0 Å². The van der Waals surface area contributed by atoms with Crippen molar-refractivity contribution < 1.29 is 4.79 Å². The van der Waals surface area contributed by atoms with Crippen LogP contribution in [0.15, 0.2) is 72.0 Å². The number of amides is 1. The van der Waals surface area contributed by atoms with E-state index >= 15 is 0 Å². The van der Waals surface area contributed by atoms with E-state index in [1.807, 2.05) is 53.3 Å². The predicted octanol–water partition coefficient (Wildman–Crippen LogP) is 2.59. The first-order chi connectivity index (χ1) is 15.2. The zero-order valence-electron chi connectivity index (χ0n) is 18.1. The lowest BCUT2D eigenvalue weighted by molar-refractivity contribution is 0.0963. The molecule has 0 unspecified atom stereocenters. The van der Waals surface area contributed by atoms with E-state index in [0.717, 1.165) is 37.6 Å². The Morgan fingerprint density at radius 1 is 1.06 bits per heavy atom. The molecule has 1 amide bonds. The summed E-state index contributed by atoms with van der Waals surface area (Å²) >= 11 is 0. The number of hydrogen-bond donors (Lipinski definition) is 3. The van der Waals surface area contributed by atoms with Gasteiger partial charge in [0.1, 0.15) is 0 Å². The molecule has 31 heavy (non-hydrogen) atoms. The second kappa shape index (κ2) is 11.5. The molecule has 3 aromatic rings. The normalized spacial score (nSPS) is 11.2. The van der Waals surface area contributed by atoms with Gasteiger partial charge in [-0.2, -0.15) is 5.10 Å². The molecule has 0 atom stereocenters. The summed E-state index contributed by atoms with van der Waals surface area (Å²) in [6, 6.07) is 17.9. The van der Waals surface area contributed by atoms with Crippen molar-refractivity contribution in [3.05, 3.63) is 89.2 Å². The van der Waals surface area contributed by atoms with Gasteiger partial charge in [0.25, 0.3) is 5.91 Å². The van der Waals surface area contributed by atoms with Crippen LogP contribution in [0.2, 0.25) is 0 Å². The van der Waals surface area contributed by atoms with Crippen LogP contribution >= 0.6 is 0 Å². The first-order valence-electron chi connectivity index (χ1n) is 10.6. The van der Waals surface area contributed by atoms with Gasteiger partial charge < -0.3 is 16.0 Å². The fourth-order valence-corrected chi connectivity index (χ4v) is 3.28. The smallest absolute Gasteiger partial charge is 0.251 e. The van der Waals surface area contributed by atoms with Gasteiger partial charge >= 0.3 is 0 Å². The molecule has 0 radical (unpaired) electrons. The molecule has 1 aromatic heterocycles. The quantitative estimate of drug-likeness (QED) is 0.368. The molecule has 1 heterocycles. The largest absolute Gasteiger partial charge is 0.357 e. The fraction of sp³-hybridized carbons (Fsp3) is 0.292. The van der Waals surface area contributed by atoms with Crippen LogP contribution in [0.4, 0.5) is 0 Å². The molecule has 0 spiro atoms. The van der Waals surface area contributed by atoms with Crippen LogP contribution in [-0.2, 0) is 19.5 Å². The molecule has 0 aliphatic carbocycles. The number of carbonyl (C=O) groups excluding carboxylic acids is 1. The molecule has 7 nitrogen and oxygen atoms in total. The minimum Gasteiger partial charge on any atom is -0.357 e. The lowest BCUT2D eigenvalue weighted by Crippen LogP contribution is -2.38. The monoisotopic (exact) mass is 418 g/mol. The average Bonchev–Trinajstić information content (AvgIpc) is 3.31. The van der Waals surface area contributed by atoms with Crippen molar-refractivity contribution in [3.63, 3.8) is 0 Å². The molecule has 3 N–H and O–H groups in total. The summed E-state index contributed by atoms with van der Waals surface area (Å²) in [6.07, 6.45) is 4.55. The molecule has 7 heteroatoms. The van der Waals surface area contributed by atoms with Crippen LogP contribution in [0.25, 0.3) is 0 Å². The van der Waals surface area contributed by atoms with Gasteiger partial charge in [0.2, 0.25) is 0 Å². The van der Waals surface area contributed by atoms with E-state index in [4.69, 9.17) is 4.99 Å². The van der Waals surface area contributed by atoms with Crippen molar-refractivity contribution in [2.45, 2.75) is 26.4 Å². The summed E-state index contributed by atoms with van der Waals surface area (Å²) in [5, 5.41) is 13.6. The highest BCUT2D eigenvalue weighted by molar-refractivity contribution is 5.94. The van der Waals surface area contributed by atoms with Gasteiger partial charge in [-0.3, -0.25) is 9.48 Å². The average molecular weight is 419 g/mol. The second-order valence-corrected chi connectivity index (χ2v) is 7.12. The number of guanidine groups is 1. The number of benzene rings is 2. The Kier molecular flexibility index (Phi) is 8.22. The van der Waals surface area contributed by atoms with Gasteiger partial charge in [0.15, 0.2) is 5.96 Å². The summed E-state index contributed by atoms with van der Waals surface area (Å²) in [4.78, 5) is 16.6. The Hall–Kier alpha value is -3.61. The van der Waals surface area contributed by atoms with Gasteiger partial charge in [-0.15, -0.1) is 0 Å². The topological polar surface area (TPSA) is 83.3 Å². The van der Waals surface area contributed by atoms with E-state index < -0.39 is 0 Å². The number of rotatable bonds is 9. The Labute approximate surface area is 183 Å². The molecule has 0 aliphatic heterocycles. The molecule has 2 aromatic carbocycles. The van der Waals surface area contributed by atoms with Crippen molar-refractivity contribution in [2.24, 2.45) is 4.99 Å². The summed E-state index contributed by atoms with van der Waals surface area (Å²) < 4.78 is 1.92. The zero-order chi connectivity index (χ0) is 21.9. The van der Waals surface area contributed by atoms with Crippen LogP contribution in [0.1, 0.15) is 34.0 Å². The van der Waals surface area contributed by atoms with E-state index in [-0.39, 0.29) is 5.91 Å². The number of hydrogen-bond acceptors (Lipinski definition) is 3. The first kappa shape index (κ1) is 22.1. The summed E-state index contributed by atoms with van der Waals surface area (Å²) in [5.41, 5.74) is 4.16. The van der Waals surface area contributed by atoms with E-state index in [1.165, 1.54) is 11.1 Å². The van der Waals surface area contributed by atoms with Gasteiger partial charge in [0, 0.05) is 38.1 Å². The minimum absolute atomic E-state index is 0.0708. The van der Waals surface area contributed by atoms with Crippen LogP contribution in [0.5, 0.6) is 0 Å². The third kappa shape index (κ3) is 6.70. The molecular formula is C24H30N6O. The lowest BCUT2D eigenvalue weighted by atomic mass is 10.1. The second-order valence-electron chi connectivity index (χ2n) is 7.12. The molecule has 3 rings (SSSR count). The Morgan fingerprint density at radius 2 is 1.90 bits per heavy atom. The van der Waals surface area contributed by atoms with Gasteiger partial charge in [-0.25, -0.2) is 4.99 Å². The predicted molar refractivity (Wildman–Crippen MR) is 124 cm³/mol. The molecule has 0 fully saturated rings. The van der Waals surface area contributed by atoms with E-state index in [2.05, 4.69) is 40.1 Å². The van der Waals surface area contributed by atoms with E-state index in [0.29, 0.717) is 12.1 Å². The standard InChI is InChI=1S/C24H30N6O/c1-3-26-24(27-14-12-19-8-6-11-20(16-19)23(31)25-2)28-17-21-9-4-5-10-22(21)18-30-15-7-13-29-30/h4-11,13,15-16H,3,12,14,17-18H2,1-2H3,(H,25,31)(H2,26,27,28). The third-order valence-electron chi connectivity index (χ3n) is 4.88. The highest BCUT2D eigenvalue weighted by atomic mass is 16.1. The van der Waals surface area contributed by atoms with Crippen molar-refractivity contribution in [1.29, 1.82) is 0 Å². The Morgan fingerprint density at radius 3 is 2.65 bits per heavy atom. The summed E-state index contributed by atoms with van der Waals surface area (Å²) in [5.74, 6) is 0.706. The van der Waals surface area contributed by atoms with Crippen LogP contribution in [0.3, 0.4) is 0 Å². The molecular weight excluding hydrogens is 388 g/mol. The number of nitrogens with one attached hydrogen (secondary N) is 3. The highest BCUT2D eigenvalue weighted by Gasteiger charge is 2.06. The van der Waals surface area contributed by atoms with Crippen LogP contribution < -0.4 is 16.0 Å². The van der Waals surface area contributed by atoms with Crippen LogP contribution in [-0.4, -0.2) is 41.8 Å². The number of nitrogens with zero attached hydrogens (tertiary/aromatic N) is 3. The number of carbonyl (C=O) groups is 1. The SMILES string of the molecule is CCNC(=NCc1ccccc1Cn1cccn1)NCCc1cccc(C(=O)NC)c1. The lowest BCUT2D eigenvalue weighted by Gasteiger charge is -2.13. The zero-order valence-corrected chi connectivity index (χ0v) is 18.1. The van der Waals surface area contributed by atoms with Crippen LogP contribution in [0, 0.1) is 0 Å². The highest BCUT2D eigenvalue weighted by Crippen LogP contribution is 2.12. The molecule has 0 saturated heterocycles. The summed E-state index contributed by atoms with van der Waals surface area (Å²) in [6.45, 7) is 4.86. The van der Waals surface area contributed by atoms with E-state index in [1.54, 1.807) is 13.2 Å². The summed E-state index contributed by atoms with van der Waals surface area (Å²) in [7, 11) is 1.64. The fourth-order valence-electron chi connectivity index (χ4n) is 3.28. The Balaban J connectivity index is 1.60.